The van der Waals surface area contributed by atoms with Gasteiger partial charge in [-0.15, -0.1) is 11.3 Å². The summed E-state index contributed by atoms with van der Waals surface area (Å²) in [6.07, 6.45) is 0. The molecule has 0 radical (unpaired) electrons. The lowest BCUT2D eigenvalue weighted by Crippen LogP contribution is -1.95. The van der Waals surface area contributed by atoms with Crippen LogP contribution in [0.15, 0.2) is 11.4 Å². The number of nitrogen functional groups attached to an aromatic ring is 1. The van der Waals surface area contributed by atoms with E-state index in [1.54, 1.807) is 0 Å². The summed E-state index contributed by atoms with van der Waals surface area (Å²) in [6.45, 7) is 8.57. The van der Waals surface area contributed by atoms with Crippen LogP contribution < -0.4 is 5.73 Å². The molecule has 84 valence electrons. The zero-order valence-electron chi connectivity index (χ0n) is 10.1. The third-order valence-electron chi connectivity index (χ3n) is 3.14. The van der Waals surface area contributed by atoms with Crippen molar-refractivity contribution in [3.63, 3.8) is 0 Å². The summed E-state index contributed by atoms with van der Waals surface area (Å²) in [5.74, 6) is 0. The van der Waals surface area contributed by atoms with Gasteiger partial charge in [-0.05, 0) is 49.9 Å². The molecule has 0 unspecified atom stereocenters. The molecule has 3 heteroatoms. The first-order valence-electron chi connectivity index (χ1n) is 5.29. The van der Waals surface area contributed by atoms with Crippen LogP contribution in [-0.4, -0.2) is 4.98 Å². The van der Waals surface area contributed by atoms with Gasteiger partial charge in [-0.2, -0.15) is 0 Å². The number of hydrogen-bond donors (Lipinski definition) is 1. The van der Waals surface area contributed by atoms with Gasteiger partial charge in [0.25, 0.3) is 0 Å². The van der Waals surface area contributed by atoms with E-state index in [2.05, 4.69) is 38.7 Å². The summed E-state index contributed by atoms with van der Waals surface area (Å²) < 4.78 is 0. The summed E-state index contributed by atoms with van der Waals surface area (Å²) in [5, 5.41) is 2.66. The Morgan fingerprint density at radius 2 is 1.62 bits per heavy atom. The Morgan fingerprint density at radius 3 is 2.06 bits per heavy atom. The molecule has 2 rings (SSSR count). The second kappa shape index (κ2) is 3.91. The molecule has 0 aliphatic carbocycles. The minimum atomic E-state index is 0.632. The average molecular weight is 232 g/mol. The lowest BCUT2D eigenvalue weighted by atomic mass is 9.93. The number of anilines is 1. The monoisotopic (exact) mass is 232 g/mol. The second-order valence-corrected chi connectivity index (χ2v) is 5.10. The molecule has 1 heterocycles. The molecule has 0 bridgehead atoms. The van der Waals surface area contributed by atoms with Gasteiger partial charge >= 0.3 is 0 Å². The van der Waals surface area contributed by atoms with Crippen molar-refractivity contribution in [2.45, 2.75) is 27.7 Å². The standard InChI is InChI=1S/C13H16N2S/c1-7-5-8(2)10(4)12(9(7)3)11-6-16-13(14)15-11/h5-6H,1-4H3,(H2,14,15). The van der Waals surface area contributed by atoms with Crippen LogP contribution >= 0.6 is 11.3 Å². The maximum Gasteiger partial charge on any atom is 0.180 e. The topological polar surface area (TPSA) is 38.9 Å². The molecule has 0 fully saturated rings. The van der Waals surface area contributed by atoms with Gasteiger partial charge in [0.1, 0.15) is 0 Å². The number of nitrogens with two attached hydrogens (primary N) is 1. The number of thiazole rings is 1. The van der Waals surface area contributed by atoms with Crippen molar-refractivity contribution in [2.75, 3.05) is 5.73 Å². The first-order valence-corrected chi connectivity index (χ1v) is 6.17. The molecule has 0 aliphatic rings. The fourth-order valence-electron chi connectivity index (χ4n) is 2.00. The van der Waals surface area contributed by atoms with Gasteiger partial charge < -0.3 is 5.73 Å². The largest absolute Gasteiger partial charge is 0.375 e. The van der Waals surface area contributed by atoms with Crippen LogP contribution in [0.4, 0.5) is 5.13 Å². The lowest BCUT2D eigenvalue weighted by molar-refractivity contribution is 1.23. The Bertz CT molecular complexity index is 515. The molecule has 0 saturated heterocycles. The molecule has 1 aromatic heterocycles. The highest BCUT2D eigenvalue weighted by Crippen LogP contribution is 2.32. The van der Waals surface area contributed by atoms with E-state index in [0.29, 0.717) is 5.13 Å². The van der Waals surface area contributed by atoms with Crippen molar-refractivity contribution < 1.29 is 0 Å². The average Bonchev–Trinajstić information content (AvgIpc) is 2.62. The van der Waals surface area contributed by atoms with Gasteiger partial charge in [0.05, 0.1) is 5.69 Å². The summed E-state index contributed by atoms with van der Waals surface area (Å²) in [6, 6.07) is 2.23. The summed E-state index contributed by atoms with van der Waals surface area (Å²) in [7, 11) is 0. The molecule has 2 aromatic rings. The number of rotatable bonds is 1. The predicted octanol–water partition coefficient (Wildman–Crippen LogP) is 3.63. The molecule has 16 heavy (non-hydrogen) atoms. The van der Waals surface area contributed by atoms with Gasteiger partial charge in [-0.1, -0.05) is 6.07 Å². The number of nitrogens with zero attached hydrogens (tertiary/aromatic N) is 1. The van der Waals surface area contributed by atoms with E-state index in [0.717, 1.165) is 5.69 Å². The van der Waals surface area contributed by atoms with E-state index >= 15 is 0 Å². The fourth-order valence-corrected chi connectivity index (χ4v) is 2.56. The Kier molecular flexibility index (Phi) is 2.72. The minimum Gasteiger partial charge on any atom is -0.375 e. The van der Waals surface area contributed by atoms with Gasteiger partial charge in [0.15, 0.2) is 5.13 Å². The summed E-state index contributed by atoms with van der Waals surface area (Å²) in [5.41, 5.74) is 13.2. The van der Waals surface area contributed by atoms with Gasteiger partial charge in [-0.3, -0.25) is 0 Å². The third kappa shape index (κ3) is 1.71. The van der Waals surface area contributed by atoms with E-state index in [4.69, 9.17) is 5.73 Å². The highest BCUT2D eigenvalue weighted by atomic mass is 32.1. The Labute approximate surface area is 100 Å². The van der Waals surface area contributed by atoms with E-state index in [9.17, 15) is 0 Å². The Balaban J connectivity index is 2.73. The summed E-state index contributed by atoms with van der Waals surface area (Å²) in [4.78, 5) is 4.38. The first kappa shape index (κ1) is 11.1. The normalized spacial score (nSPS) is 10.8. The number of benzene rings is 1. The summed E-state index contributed by atoms with van der Waals surface area (Å²) >= 11 is 1.50. The number of aromatic nitrogens is 1. The zero-order chi connectivity index (χ0) is 11.9. The fraction of sp³-hybridized carbons (Fsp3) is 0.308. The van der Waals surface area contributed by atoms with E-state index in [1.165, 1.54) is 39.2 Å². The number of hydrogen-bond acceptors (Lipinski definition) is 3. The molecule has 0 atom stereocenters. The molecule has 2 nitrogen and oxygen atoms in total. The number of aryl methyl sites for hydroxylation is 2. The molecule has 0 amide bonds. The minimum absolute atomic E-state index is 0.632. The van der Waals surface area contributed by atoms with Crippen LogP contribution in [0.1, 0.15) is 22.3 Å². The maximum atomic E-state index is 5.70. The van der Waals surface area contributed by atoms with E-state index in [-0.39, 0.29) is 0 Å². The molecule has 1 aromatic carbocycles. The van der Waals surface area contributed by atoms with Crippen LogP contribution in [0.2, 0.25) is 0 Å². The van der Waals surface area contributed by atoms with Crippen molar-refractivity contribution in [1.82, 2.24) is 4.98 Å². The van der Waals surface area contributed by atoms with Crippen molar-refractivity contribution in [2.24, 2.45) is 0 Å². The SMILES string of the molecule is Cc1cc(C)c(C)c(-c2csc(N)n2)c1C. The van der Waals surface area contributed by atoms with Gasteiger partial charge in [0, 0.05) is 10.9 Å². The predicted molar refractivity (Wildman–Crippen MR) is 70.9 cm³/mol. The molecule has 0 saturated carbocycles. The van der Waals surface area contributed by atoms with Crippen molar-refractivity contribution in [1.29, 1.82) is 0 Å². The Hall–Kier alpha value is -1.35. The van der Waals surface area contributed by atoms with Crippen LogP contribution in [0.25, 0.3) is 11.3 Å². The van der Waals surface area contributed by atoms with Crippen LogP contribution in [-0.2, 0) is 0 Å². The Morgan fingerprint density at radius 1 is 1.06 bits per heavy atom. The van der Waals surface area contributed by atoms with Crippen molar-refractivity contribution in [3.8, 4) is 11.3 Å². The third-order valence-corrected chi connectivity index (χ3v) is 3.82. The molecular weight excluding hydrogens is 216 g/mol. The highest BCUT2D eigenvalue weighted by molar-refractivity contribution is 7.13. The zero-order valence-corrected chi connectivity index (χ0v) is 10.9. The smallest absolute Gasteiger partial charge is 0.180 e. The second-order valence-electron chi connectivity index (χ2n) is 4.21. The van der Waals surface area contributed by atoms with Gasteiger partial charge in [-0.25, -0.2) is 4.98 Å². The highest BCUT2D eigenvalue weighted by Gasteiger charge is 2.12. The molecule has 0 aliphatic heterocycles. The van der Waals surface area contributed by atoms with Crippen LogP contribution in [0, 0.1) is 27.7 Å². The molecule has 2 N–H and O–H groups in total. The van der Waals surface area contributed by atoms with Gasteiger partial charge in [0.2, 0.25) is 0 Å². The molecule has 0 spiro atoms. The molecular formula is C13H16N2S. The lowest BCUT2D eigenvalue weighted by Gasteiger charge is -2.13. The maximum absolute atomic E-state index is 5.70. The van der Waals surface area contributed by atoms with Crippen molar-refractivity contribution >= 4 is 16.5 Å². The van der Waals surface area contributed by atoms with Crippen molar-refractivity contribution in [3.05, 3.63) is 33.7 Å². The first-order chi connectivity index (χ1) is 7.50. The van der Waals surface area contributed by atoms with Crippen LogP contribution in [0.5, 0.6) is 0 Å². The quantitative estimate of drug-likeness (QED) is 0.815. The van der Waals surface area contributed by atoms with Crippen LogP contribution in [0.3, 0.4) is 0 Å². The van der Waals surface area contributed by atoms with E-state index < -0.39 is 0 Å². The van der Waals surface area contributed by atoms with E-state index in [1.807, 2.05) is 5.38 Å².